The fraction of sp³-hybridized carbons (Fsp3) is 0.333. The van der Waals surface area contributed by atoms with Crippen molar-refractivity contribution in [2.75, 3.05) is 11.9 Å². The van der Waals surface area contributed by atoms with E-state index in [1.807, 2.05) is 12.2 Å². The van der Waals surface area contributed by atoms with Crippen LogP contribution in [0.2, 0.25) is 5.02 Å². The number of allylic oxidation sites excluding steroid dienone is 2. The van der Waals surface area contributed by atoms with Gasteiger partial charge < -0.3 is 10.1 Å². The summed E-state index contributed by atoms with van der Waals surface area (Å²) in [6.45, 7) is -0.428. The number of hydrogen-bond acceptors (Lipinski definition) is 5. The molecule has 0 bridgehead atoms. The molecule has 0 aliphatic heterocycles. The zero-order valence-corrected chi connectivity index (χ0v) is 12.9. The van der Waals surface area contributed by atoms with E-state index in [9.17, 15) is 19.7 Å². The van der Waals surface area contributed by atoms with Crippen LogP contribution in [0.5, 0.6) is 0 Å². The van der Waals surface area contributed by atoms with Gasteiger partial charge in [0.05, 0.1) is 22.1 Å². The Kier molecular flexibility index (Phi) is 5.70. The summed E-state index contributed by atoms with van der Waals surface area (Å²) in [6, 6.07) is 3.68. The Hall–Kier alpha value is -2.41. The SMILES string of the molecule is O=C(COC(=O)C[C@@H]1C=CCC1)Nc1ccc([N+](=O)[O-])cc1Cl. The number of nitro groups is 1. The van der Waals surface area contributed by atoms with Crippen LogP contribution >= 0.6 is 11.6 Å². The van der Waals surface area contributed by atoms with Gasteiger partial charge in [0.2, 0.25) is 0 Å². The highest BCUT2D eigenvalue weighted by Crippen LogP contribution is 2.26. The molecule has 0 aromatic heterocycles. The lowest BCUT2D eigenvalue weighted by Gasteiger charge is -2.09. The van der Waals surface area contributed by atoms with E-state index in [0.717, 1.165) is 18.9 Å². The minimum absolute atomic E-state index is 0.0370. The van der Waals surface area contributed by atoms with Crippen LogP contribution in [0.25, 0.3) is 0 Å². The lowest BCUT2D eigenvalue weighted by Crippen LogP contribution is -2.21. The fourth-order valence-electron chi connectivity index (χ4n) is 2.19. The predicted molar refractivity (Wildman–Crippen MR) is 84.2 cm³/mol. The molecule has 0 unspecified atom stereocenters. The zero-order chi connectivity index (χ0) is 16.8. The van der Waals surface area contributed by atoms with E-state index in [4.69, 9.17) is 16.3 Å². The van der Waals surface area contributed by atoms with Gasteiger partial charge in [-0.2, -0.15) is 0 Å². The maximum Gasteiger partial charge on any atom is 0.306 e. The summed E-state index contributed by atoms with van der Waals surface area (Å²) in [5.41, 5.74) is 0.0427. The number of nitro benzene ring substituents is 1. The smallest absolute Gasteiger partial charge is 0.306 e. The van der Waals surface area contributed by atoms with E-state index in [1.54, 1.807) is 0 Å². The molecule has 0 saturated heterocycles. The molecule has 1 amide bonds. The summed E-state index contributed by atoms with van der Waals surface area (Å²) in [5, 5.41) is 13.1. The van der Waals surface area contributed by atoms with E-state index in [1.165, 1.54) is 12.1 Å². The van der Waals surface area contributed by atoms with Crippen molar-refractivity contribution in [3.8, 4) is 0 Å². The van der Waals surface area contributed by atoms with Gasteiger partial charge in [-0.25, -0.2) is 0 Å². The van der Waals surface area contributed by atoms with Crippen LogP contribution < -0.4 is 5.32 Å². The highest BCUT2D eigenvalue weighted by molar-refractivity contribution is 6.34. The minimum Gasteiger partial charge on any atom is -0.456 e. The van der Waals surface area contributed by atoms with Crippen molar-refractivity contribution in [3.63, 3.8) is 0 Å². The molecule has 0 heterocycles. The summed E-state index contributed by atoms with van der Waals surface area (Å²) in [7, 11) is 0. The van der Waals surface area contributed by atoms with Crippen LogP contribution in [0.15, 0.2) is 30.4 Å². The number of rotatable bonds is 6. The predicted octanol–water partition coefficient (Wildman–Crippen LogP) is 3.09. The van der Waals surface area contributed by atoms with Gasteiger partial charge >= 0.3 is 5.97 Å². The summed E-state index contributed by atoms with van der Waals surface area (Å²) >= 11 is 5.86. The molecule has 0 fully saturated rings. The molecule has 7 nitrogen and oxygen atoms in total. The fourth-order valence-corrected chi connectivity index (χ4v) is 2.41. The number of benzene rings is 1. The van der Waals surface area contributed by atoms with Crippen LogP contribution in [0.3, 0.4) is 0 Å². The van der Waals surface area contributed by atoms with E-state index < -0.39 is 23.4 Å². The third-order valence-electron chi connectivity index (χ3n) is 3.34. The quantitative estimate of drug-likeness (QED) is 0.372. The Balaban J connectivity index is 1.81. The van der Waals surface area contributed by atoms with Crippen molar-refractivity contribution in [1.82, 2.24) is 0 Å². The molecule has 1 aliphatic rings. The van der Waals surface area contributed by atoms with Crippen LogP contribution in [0.4, 0.5) is 11.4 Å². The number of anilines is 1. The van der Waals surface area contributed by atoms with Gasteiger partial charge in [0.25, 0.3) is 11.6 Å². The molecule has 1 N–H and O–H groups in total. The van der Waals surface area contributed by atoms with Gasteiger partial charge in [-0.3, -0.25) is 19.7 Å². The summed E-state index contributed by atoms with van der Waals surface area (Å²) in [4.78, 5) is 33.4. The van der Waals surface area contributed by atoms with E-state index >= 15 is 0 Å². The molecule has 1 aromatic rings. The number of nitrogens with one attached hydrogen (secondary N) is 1. The average Bonchev–Trinajstić information content (AvgIpc) is 3.00. The second-order valence-electron chi connectivity index (χ2n) is 5.10. The maximum atomic E-state index is 11.7. The third-order valence-corrected chi connectivity index (χ3v) is 3.66. The van der Waals surface area contributed by atoms with Crippen molar-refractivity contribution in [2.24, 2.45) is 5.92 Å². The number of ether oxygens (including phenoxy) is 1. The monoisotopic (exact) mass is 338 g/mol. The summed E-state index contributed by atoms with van der Waals surface area (Å²) in [5.74, 6) is -0.822. The maximum absolute atomic E-state index is 11.7. The highest BCUT2D eigenvalue weighted by Gasteiger charge is 2.17. The Labute approximate surface area is 137 Å². The Morgan fingerprint density at radius 3 is 2.83 bits per heavy atom. The van der Waals surface area contributed by atoms with Gasteiger partial charge in [-0.05, 0) is 24.8 Å². The van der Waals surface area contributed by atoms with Crippen molar-refractivity contribution in [1.29, 1.82) is 0 Å². The number of hydrogen-bond donors (Lipinski definition) is 1. The molecule has 1 aliphatic carbocycles. The van der Waals surface area contributed by atoms with Gasteiger partial charge in [0, 0.05) is 12.1 Å². The molecule has 1 aromatic carbocycles. The van der Waals surface area contributed by atoms with Crippen LogP contribution in [-0.4, -0.2) is 23.4 Å². The average molecular weight is 339 g/mol. The van der Waals surface area contributed by atoms with Crippen molar-refractivity contribution in [3.05, 3.63) is 45.5 Å². The molecular weight excluding hydrogens is 324 g/mol. The van der Waals surface area contributed by atoms with Crippen LogP contribution in [0.1, 0.15) is 19.3 Å². The van der Waals surface area contributed by atoms with Gasteiger partial charge in [0.1, 0.15) is 0 Å². The molecular formula is C15H15ClN2O5. The number of non-ortho nitro benzene ring substituents is 1. The topological polar surface area (TPSA) is 98.5 Å². The molecule has 23 heavy (non-hydrogen) atoms. The standard InChI is InChI=1S/C15H15ClN2O5/c16-12-8-11(18(21)22)5-6-13(12)17-14(19)9-23-15(20)7-10-3-1-2-4-10/h1,3,5-6,8,10H,2,4,7,9H2,(H,17,19)/t10-/m1/s1. The normalized spacial score (nSPS) is 16.1. The number of esters is 1. The van der Waals surface area contributed by atoms with Gasteiger partial charge in [-0.15, -0.1) is 0 Å². The van der Waals surface area contributed by atoms with E-state index in [-0.39, 0.29) is 28.7 Å². The first-order valence-corrected chi connectivity index (χ1v) is 7.39. The molecule has 0 saturated carbocycles. The van der Waals surface area contributed by atoms with E-state index in [0.29, 0.717) is 0 Å². The molecule has 0 spiro atoms. The second-order valence-corrected chi connectivity index (χ2v) is 5.51. The van der Waals surface area contributed by atoms with Crippen LogP contribution in [-0.2, 0) is 14.3 Å². The summed E-state index contributed by atoms with van der Waals surface area (Å²) < 4.78 is 4.90. The number of carbonyl (C=O) groups is 2. The molecule has 0 radical (unpaired) electrons. The highest BCUT2D eigenvalue weighted by atomic mass is 35.5. The lowest BCUT2D eigenvalue weighted by molar-refractivity contribution is -0.384. The zero-order valence-electron chi connectivity index (χ0n) is 12.2. The molecule has 2 rings (SSSR count). The van der Waals surface area contributed by atoms with E-state index in [2.05, 4.69) is 5.32 Å². The Morgan fingerprint density at radius 2 is 2.22 bits per heavy atom. The Morgan fingerprint density at radius 1 is 1.43 bits per heavy atom. The van der Waals surface area contributed by atoms with Crippen molar-refractivity contribution < 1.29 is 19.2 Å². The first kappa shape index (κ1) is 17.0. The summed E-state index contributed by atoms with van der Waals surface area (Å²) in [6.07, 6.45) is 6.11. The van der Waals surface area contributed by atoms with Gasteiger partial charge in [0.15, 0.2) is 6.61 Å². The Bertz CT molecular complexity index is 659. The number of nitrogens with zero attached hydrogens (tertiary/aromatic N) is 1. The number of halogens is 1. The van der Waals surface area contributed by atoms with Gasteiger partial charge in [-0.1, -0.05) is 23.8 Å². The minimum atomic E-state index is -0.587. The molecule has 8 heteroatoms. The molecule has 1 atom stereocenters. The number of amides is 1. The largest absolute Gasteiger partial charge is 0.456 e. The van der Waals surface area contributed by atoms with Crippen LogP contribution in [0, 0.1) is 16.0 Å². The first-order chi connectivity index (χ1) is 11.0. The molecule has 122 valence electrons. The lowest BCUT2D eigenvalue weighted by atomic mass is 10.1. The second kappa shape index (κ2) is 7.73. The van der Waals surface area contributed by atoms with Crippen molar-refractivity contribution in [2.45, 2.75) is 19.3 Å². The third kappa shape index (κ3) is 5.07. The number of carbonyl (C=O) groups excluding carboxylic acids is 2. The first-order valence-electron chi connectivity index (χ1n) is 7.02. The van der Waals surface area contributed by atoms with Crippen molar-refractivity contribution >= 4 is 34.9 Å².